The van der Waals surface area contributed by atoms with Crippen LogP contribution in [-0.4, -0.2) is 15.9 Å². The third kappa shape index (κ3) is 5.53. The molecule has 2 heterocycles. The first-order chi connectivity index (χ1) is 9.71. The van der Waals surface area contributed by atoms with Crippen molar-refractivity contribution in [3.05, 3.63) is 51.5 Å². The first kappa shape index (κ1) is 17.1. The van der Waals surface area contributed by atoms with Crippen LogP contribution in [0.2, 0.25) is 0 Å². The minimum absolute atomic E-state index is 0.114. The third-order valence-electron chi connectivity index (χ3n) is 2.11. The van der Waals surface area contributed by atoms with Crippen molar-refractivity contribution in [2.45, 2.75) is 6.18 Å². The molecule has 0 unspecified atom stereocenters. The van der Waals surface area contributed by atoms with Gasteiger partial charge in [-0.15, -0.1) is 0 Å². The SMILES string of the molecule is NC(=O)c1ccccn1.Nc1ncc(C(F)(F)F)cc1I. The lowest BCUT2D eigenvalue weighted by atomic mass is 10.3. The molecule has 21 heavy (non-hydrogen) atoms. The zero-order valence-electron chi connectivity index (χ0n) is 10.4. The molecular weight excluding hydrogens is 400 g/mol. The van der Waals surface area contributed by atoms with Crippen LogP contribution in [0.15, 0.2) is 36.7 Å². The number of hydrogen-bond donors (Lipinski definition) is 2. The summed E-state index contributed by atoms with van der Waals surface area (Å²) >= 11 is 1.70. The summed E-state index contributed by atoms with van der Waals surface area (Å²) in [4.78, 5) is 17.5. The molecule has 0 spiro atoms. The summed E-state index contributed by atoms with van der Waals surface area (Å²) in [5, 5.41) is 0. The molecule has 2 rings (SSSR count). The Kier molecular flexibility index (Phi) is 5.88. The van der Waals surface area contributed by atoms with Gasteiger partial charge in [-0.05, 0) is 40.8 Å². The number of nitrogens with zero attached hydrogens (tertiary/aromatic N) is 2. The van der Waals surface area contributed by atoms with E-state index in [4.69, 9.17) is 11.5 Å². The number of rotatable bonds is 1. The smallest absolute Gasteiger partial charge is 0.383 e. The minimum atomic E-state index is -4.35. The average molecular weight is 410 g/mol. The Morgan fingerprint density at radius 2 is 1.90 bits per heavy atom. The molecule has 0 fully saturated rings. The van der Waals surface area contributed by atoms with Gasteiger partial charge in [-0.2, -0.15) is 13.2 Å². The molecule has 0 bridgehead atoms. The van der Waals surface area contributed by atoms with Gasteiger partial charge in [-0.1, -0.05) is 6.07 Å². The molecule has 4 N–H and O–H groups in total. The number of hydrogen-bond acceptors (Lipinski definition) is 4. The van der Waals surface area contributed by atoms with Crippen molar-refractivity contribution in [3.8, 4) is 0 Å². The molecule has 1 amide bonds. The van der Waals surface area contributed by atoms with E-state index < -0.39 is 17.6 Å². The number of pyridine rings is 2. The van der Waals surface area contributed by atoms with Crippen molar-refractivity contribution in [1.82, 2.24) is 9.97 Å². The van der Waals surface area contributed by atoms with Gasteiger partial charge < -0.3 is 11.5 Å². The van der Waals surface area contributed by atoms with Crippen molar-refractivity contribution in [1.29, 1.82) is 0 Å². The lowest BCUT2D eigenvalue weighted by Gasteiger charge is -2.06. The molecule has 0 aliphatic rings. The van der Waals surface area contributed by atoms with Crippen LogP contribution in [0.3, 0.4) is 0 Å². The van der Waals surface area contributed by atoms with Gasteiger partial charge in [0.15, 0.2) is 0 Å². The molecule has 2 aromatic rings. The monoisotopic (exact) mass is 410 g/mol. The second kappa shape index (κ2) is 7.20. The van der Waals surface area contributed by atoms with Crippen LogP contribution in [-0.2, 0) is 6.18 Å². The van der Waals surface area contributed by atoms with E-state index in [1.165, 1.54) is 6.20 Å². The molecule has 5 nitrogen and oxygen atoms in total. The van der Waals surface area contributed by atoms with Crippen LogP contribution < -0.4 is 11.5 Å². The largest absolute Gasteiger partial charge is 0.417 e. The van der Waals surface area contributed by atoms with Gasteiger partial charge in [0.1, 0.15) is 11.5 Å². The van der Waals surface area contributed by atoms with Gasteiger partial charge in [-0.25, -0.2) is 4.98 Å². The van der Waals surface area contributed by atoms with Crippen LogP contribution in [0, 0.1) is 3.57 Å². The van der Waals surface area contributed by atoms with E-state index in [-0.39, 0.29) is 5.82 Å². The number of anilines is 1. The number of primary amides is 1. The number of carbonyl (C=O) groups is 1. The topological polar surface area (TPSA) is 94.9 Å². The summed E-state index contributed by atoms with van der Waals surface area (Å²) < 4.78 is 36.4. The molecule has 0 aliphatic heterocycles. The molecule has 0 aromatic carbocycles. The molecule has 0 radical (unpaired) electrons. The maximum atomic E-state index is 12.0. The van der Waals surface area contributed by atoms with Gasteiger partial charge in [0.05, 0.1) is 9.13 Å². The number of alkyl halides is 3. The van der Waals surface area contributed by atoms with Crippen LogP contribution >= 0.6 is 22.6 Å². The van der Waals surface area contributed by atoms with Crippen molar-refractivity contribution < 1.29 is 18.0 Å². The van der Waals surface area contributed by atoms with E-state index in [9.17, 15) is 18.0 Å². The molecule has 112 valence electrons. The Bertz CT molecular complexity index is 620. The van der Waals surface area contributed by atoms with E-state index in [0.29, 0.717) is 9.26 Å². The maximum Gasteiger partial charge on any atom is 0.417 e. The fraction of sp³-hybridized carbons (Fsp3) is 0.0833. The van der Waals surface area contributed by atoms with Gasteiger partial charge in [0.25, 0.3) is 5.91 Å². The van der Waals surface area contributed by atoms with Gasteiger partial charge in [-0.3, -0.25) is 9.78 Å². The number of amides is 1. The van der Waals surface area contributed by atoms with Crippen LogP contribution in [0.5, 0.6) is 0 Å². The first-order valence-corrected chi connectivity index (χ1v) is 6.48. The van der Waals surface area contributed by atoms with Crippen molar-refractivity contribution in [2.75, 3.05) is 5.73 Å². The van der Waals surface area contributed by atoms with Crippen LogP contribution in [0.1, 0.15) is 16.1 Å². The molecule has 0 atom stereocenters. The minimum Gasteiger partial charge on any atom is -0.383 e. The Labute approximate surface area is 131 Å². The highest BCUT2D eigenvalue weighted by Gasteiger charge is 2.31. The van der Waals surface area contributed by atoms with Crippen molar-refractivity contribution in [2.24, 2.45) is 5.73 Å². The molecular formula is C12H10F3IN4O. The third-order valence-corrected chi connectivity index (χ3v) is 2.98. The second-order valence-electron chi connectivity index (χ2n) is 3.67. The van der Waals surface area contributed by atoms with Gasteiger partial charge in [0.2, 0.25) is 0 Å². The van der Waals surface area contributed by atoms with E-state index in [2.05, 4.69) is 9.97 Å². The first-order valence-electron chi connectivity index (χ1n) is 5.41. The summed E-state index contributed by atoms with van der Waals surface area (Å²) in [5.41, 5.74) is 9.68. The Balaban J connectivity index is 0.000000219. The predicted molar refractivity (Wildman–Crippen MR) is 79.1 cm³/mol. The molecule has 2 aromatic heterocycles. The Morgan fingerprint density at radius 1 is 1.24 bits per heavy atom. The lowest BCUT2D eigenvalue weighted by Crippen LogP contribution is -2.12. The summed E-state index contributed by atoms with van der Waals surface area (Å²) in [6.07, 6.45) is -2.10. The highest BCUT2D eigenvalue weighted by molar-refractivity contribution is 14.1. The summed E-state index contributed by atoms with van der Waals surface area (Å²) in [5.74, 6) is -0.376. The van der Waals surface area contributed by atoms with Gasteiger partial charge in [0, 0.05) is 12.4 Å². The van der Waals surface area contributed by atoms with E-state index in [1.807, 2.05) is 0 Å². The van der Waals surface area contributed by atoms with Crippen molar-refractivity contribution >= 4 is 34.3 Å². The normalized spacial score (nSPS) is 10.5. The highest BCUT2D eigenvalue weighted by Crippen LogP contribution is 2.30. The molecule has 0 saturated carbocycles. The number of halogens is 4. The average Bonchev–Trinajstić information content (AvgIpc) is 2.42. The quantitative estimate of drug-likeness (QED) is 0.707. The fourth-order valence-electron chi connectivity index (χ4n) is 1.11. The lowest BCUT2D eigenvalue weighted by molar-refractivity contribution is -0.137. The zero-order valence-corrected chi connectivity index (χ0v) is 12.6. The van der Waals surface area contributed by atoms with Crippen LogP contribution in [0.25, 0.3) is 0 Å². The fourth-order valence-corrected chi connectivity index (χ4v) is 1.59. The zero-order chi connectivity index (χ0) is 16.0. The number of nitrogens with two attached hydrogens (primary N) is 2. The van der Waals surface area contributed by atoms with Crippen LogP contribution in [0.4, 0.5) is 19.0 Å². The standard InChI is InChI=1S/C6H4F3IN2.C6H6N2O/c7-6(8,9)3-1-4(10)5(11)12-2-3;7-6(9)5-3-1-2-4-8-5/h1-2H,(H2,11,12);1-4H,(H2,7,9). The number of aromatic nitrogens is 2. The second-order valence-corrected chi connectivity index (χ2v) is 4.83. The van der Waals surface area contributed by atoms with Gasteiger partial charge >= 0.3 is 6.18 Å². The number of carbonyl (C=O) groups excluding carboxylic acids is 1. The molecule has 0 saturated heterocycles. The van der Waals surface area contributed by atoms with Crippen molar-refractivity contribution in [3.63, 3.8) is 0 Å². The summed E-state index contributed by atoms with van der Waals surface area (Å²) in [6, 6.07) is 5.98. The Morgan fingerprint density at radius 3 is 2.29 bits per heavy atom. The predicted octanol–water partition coefficient (Wildman–Crippen LogP) is 2.47. The highest BCUT2D eigenvalue weighted by atomic mass is 127. The number of nitrogen functional groups attached to an aromatic ring is 1. The van der Waals surface area contributed by atoms with E-state index >= 15 is 0 Å². The molecule has 0 aliphatic carbocycles. The van der Waals surface area contributed by atoms with E-state index in [1.54, 1.807) is 40.8 Å². The Hall–Kier alpha value is -1.91. The molecule has 9 heteroatoms. The van der Waals surface area contributed by atoms with E-state index in [0.717, 1.165) is 12.3 Å². The maximum absolute atomic E-state index is 12.0. The summed E-state index contributed by atoms with van der Waals surface area (Å²) in [7, 11) is 0. The summed E-state index contributed by atoms with van der Waals surface area (Å²) in [6.45, 7) is 0.